The van der Waals surface area contributed by atoms with Crippen molar-refractivity contribution < 1.29 is 24.2 Å². The van der Waals surface area contributed by atoms with Crippen molar-refractivity contribution in [2.45, 2.75) is 0 Å². The lowest BCUT2D eigenvalue weighted by Gasteiger charge is -2.04. The van der Waals surface area contributed by atoms with Crippen molar-refractivity contribution in [1.82, 2.24) is 10.9 Å². The third kappa shape index (κ3) is 4.87. The Bertz CT molecular complexity index is 1580. The van der Waals surface area contributed by atoms with Gasteiger partial charge in [0, 0.05) is 21.9 Å². The topological polar surface area (TPSA) is 137 Å². The molecule has 9 heteroatoms. The van der Waals surface area contributed by atoms with Gasteiger partial charge in [-0.3, -0.25) is 9.59 Å². The molecule has 0 aliphatic rings. The Morgan fingerprint density at radius 1 is 0.622 bits per heavy atom. The first kappa shape index (κ1) is 23.3. The maximum atomic E-state index is 12.3. The van der Waals surface area contributed by atoms with Crippen LogP contribution in [-0.4, -0.2) is 34.5 Å². The van der Waals surface area contributed by atoms with Crippen LogP contribution in [0.5, 0.6) is 11.5 Å². The van der Waals surface area contributed by atoms with Gasteiger partial charge in [0.1, 0.15) is 11.5 Å². The molecule has 1 aromatic heterocycles. The van der Waals surface area contributed by atoms with Gasteiger partial charge in [-0.25, -0.2) is 10.9 Å². The summed E-state index contributed by atoms with van der Waals surface area (Å²) in [5.41, 5.74) is 5.44. The maximum Gasteiger partial charge on any atom is 0.307 e. The standard InChI is InChI=1S/C28H20N4O5/c33-25-19(11-9-17-5-1-3-7-21(17)25)15-29-31-27(35)23-13-14-24(37-23)28(36)32-30-16-20-12-10-18-6-2-4-8-22(18)26(20)34/h1-16,33-34H,(H,31,35)(H,32,36). The minimum absolute atomic E-state index is 0.0469. The van der Waals surface area contributed by atoms with Gasteiger partial charge in [-0.05, 0) is 35.0 Å². The van der Waals surface area contributed by atoms with E-state index in [0.717, 1.165) is 10.8 Å². The van der Waals surface area contributed by atoms with Gasteiger partial charge >= 0.3 is 11.8 Å². The molecular weight excluding hydrogens is 472 g/mol. The molecule has 0 aliphatic heterocycles. The van der Waals surface area contributed by atoms with Crippen LogP contribution in [0.15, 0.2) is 99.5 Å². The van der Waals surface area contributed by atoms with Crippen LogP contribution in [0.25, 0.3) is 21.5 Å². The second-order valence-corrected chi connectivity index (χ2v) is 8.01. The number of benzene rings is 4. The predicted octanol–water partition coefficient (Wildman–Crippen LogP) is 4.53. The van der Waals surface area contributed by atoms with Crippen molar-refractivity contribution in [3.8, 4) is 11.5 Å². The van der Waals surface area contributed by atoms with Crippen molar-refractivity contribution >= 4 is 45.8 Å². The van der Waals surface area contributed by atoms with Crippen molar-refractivity contribution in [2.75, 3.05) is 0 Å². The SMILES string of the molecule is O=C(NN=Cc1ccc2ccccc2c1O)c1ccc(C(=O)NN=Cc2ccc3ccccc3c2O)o1. The van der Waals surface area contributed by atoms with E-state index in [1.807, 2.05) is 48.5 Å². The molecule has 4 N–H and O–H groups in total. The maximum absolute atomic E-state index is 12.3. The summed E-state index contributed by atoms with van der Waals surface area (Å²) >= 11 is 0. The van der Waals surface area contributed by atoms with E-state index in [9.17, 15) is 19.8 Å². The first-order valence-corrected chi connectivity index (χ1v) is 11.2. The van der Waals surface area contributed by atoms with Crippen molar-refractivity contribution in [3.05, 3.63) is 108 Å². The summed E-state index contributed by atoms with van der Waals surface area (Å²) in [6.07, 6.45) is 2.63. The van der Waals surface area contributed by atoms with E-state index in [4.69, 9.17) is 4.42 Å². The number of carbonyl (C=O) groups excluding carboxylic acids is 2. The van der Waals surface area contributed by atoms with Crippen molar-refractivity contribution in [3.63, 3.8) is 0 Å². The number of nitrogens with one attached hydrogen (secondary N) is 2. The average Bonchev–Trinajstić information content (AvgIpc) is 3.42. The molecule has 0 fully saturated rings. The van der Waals surface area contributed by atoms with Gasteiger partial charge < -0.3 is 14.6 Å². The van der Waals surface area contributed by atoms with Crippen LogP contribution in [0, 0.1) is 0 Å². The van der Waals surface area contributed by atoms with Crippen molar-refractivity contribution in [2.24, 2.45) is 10.2 Å². The second kappa shape index (κ2) is 10.0. The summed E-state index contributed by atoms with van der Waals surface area (Å²) in [6.45, 7) is 0. The third-order valence-corrected chi connectivity index (χ3v) is 5.66. The number of phenols is 2. The zero-order valence-corrected chi connectivity index (χ0v) is 19.3. The minimum atomic E-state index is -0.680. The highest BCUT2D eigenvalue weighted by molar-refractivity contribution is 6.00. The molecule has 9 nitrogen and oxygen atoms in total. The molecule has 0 unspecified atom stereocenters. The fraction of sp³-hybridized carbons (Fsp3) is 0. The first-order valence-electron chi connectivity index (χ1n) is 11.2. The molecule has 37 heavy (non-hydrogen) atoms. The zero-order chi connectivity index (χ0) is 25.8. The largest absolute Gasteiger partial charge is 0.507 e. The van der Waals surface area contributed by atoms with Gasteiger partial charge in [0.25, 0.3) is 0 Å². The number of rotatable bonds is 6. The summed E-state index contributed by atoms with van der Waals surface area (Å²) in [5.74, 6) is -1.54. The van der Waals surface area contributed by atoms with E-state index in [0.29, 0.717) is 21.9 Å². The molecule has 1 heterocycles. The highest BCUT2D eigenvalue weighted by Crippen LogP contribution is 2.28. The van der Waals surface area contributed by atoms with Gasteiger partial charge in [-0.15, -0.1) is 0 Å². The fourth-order valence-corrected chi connectivity index (χ4v) is 3.77. The number of carbonyl (C=O) groups is 2. The lowest BCUT2D eigenvalue weighted by atomic mass is 10.1. The Labute approximate surface area is 210 Å². The van der Waals surface area contributed by atoms with Crippen molar-refractivity contribution in [1.29, 1.82) is 0 Å². The van der Waals surface area contributed by atoms with Crippen LogP contribution in [0.3, 0.4) is 0 Å². The highest BCUT2D eigenvalue weighted by atomic mass is 16.4. The number of nitrogens with zero attached hydrogens (tertiary/aromatic N) is 2. The summed E-state index contributed by atoms with van der Waals surface area (Å²) in [6, 6.07) is 24.4. The normalized spacial score (nSPS) is 11.5. The van der Waals surface area contributed by atoms with E-state index in [-0.39, 0.29) is 23.0 Å². The Kier molecular flexibility index (Phi) is 6.33. The zero-order valence-electron chi connectivity index (χ0n) is 19.3. The lowest BCUT2D eigenvalue weighted by Crippen LogP contribution is -2.18. The number of aromatic hydroxyl groups is 2. The van der Waals surface area contributed by atoms with Crippen LogP contribution in [0.4, 0.5) is 0 Å². The van der Waals surface area contributed by atoms with Crippen LogP contribution in [0.1, 0.15) is 32.2 Å². The predicted molar refractivity (Wildman–Crippen MR) is 140 cm³/mol. The summed E-state index contributed by atoms with van der Waals surface area (Å²) in [4.78, 5) is 24.7. The van der Waals surface area contributed by atoms with Gasteiger partial charge in [-0.2, -0.15) is 10.2 Å². The van der Waals surface area contributed by atoms with Gasteiger partial charge in [0.2, 0.25) is 0 Å². The van der Waals surface area contributed by atoms with Crippen LogP contribution in [-0.2, 0) is 0 Å². The summed E-state index contributed by atoms with van der Waals surface area (Å²) < 4.78 is 5.30. The van der Waals surface area contributed by atoms with E-state index < -0.39 is 11.8 Å². The summed E-state index contributed by atoms with van der Waals surface area (Å²) in [7, 11) is 0. The lowest BCUT2D eigenvalue weighted by molar-refractivity contribution is 0.0902. The van der Waals surface area contributed by atoms with E-state index >= 15 is 0 Å². The summed E-state index contributed by atoms with van der Waals surface area (Å²) in [5, 5.41) is 31.6. The number of phenolic OH excluding ortho intramolecular Hbond substituents is 2. The number of hydrazone groups is 2. The molecule has 5 aromatic rings. The van der Waals surface area contributed by atoms with Gasteiger partial charge in [0.05, 0.1) is 12.4 Å². The Balaban J connectivity index is 1.20. The molecule has 0 saturated heterocycles. The van der Waals surface area contributed by atoms with Gasteiger partial charge in [0.15, 0.2) is 11.5 Å². The number of hydrogen-bond donors (Lipinski definition) is 4. The quantitative estimate of drug-likeness (QED) is 0.204. The van der Waals surface area contributed by atoms with Crippen LogP contribution < -0.4 is 10.9 Å². The molecule has 2 amide bonds. The first-order chi connectivity index (χ1) is 18.0. The third-order valence-electron chi connectivity index (χ3n) is 5.66. The molecule has 0 bridgehead atoms. The Hall–Kier alpha value is -5.44. The number of amides is 2. The number of fused-ring (bicyclic) bond motifs is 2. The van der Waals surface area contributed by atoms with Crippen LogP contribution in [0.2, 0.25) is 0 Å². The molecule has 4 aromatic carbocycles. The molecule has 0 radical (unpaired) electrons. The fourth-order valence-electron chi connectivity index (χ4n) is 3.77. The Morgan fingerprint density at radius 3 is 1.51 bits per heavy atom. The van der Waals surface area contributed by atoms with E-state index in [1.54, 1.807) is 24.3 Å². The molecule has 182 valence electrons. The second-order valence-electron chi connectivity index (χ2n) is 8.01. The van der Waals surface area contributed by atoms with E-state index in [1.165, 1.54) is 24.6 Å². The molecule has 0 spiro atoms. The smallest absolute Gasteiger partial charge is 0.307 e. The van der Waals surface area contributed by atoms with Crippen LogP contribution >= 0.6 is 0 Å². The highest BCUT2D eigenvalue weighted by Gasteiger charge is 2.15. The molecule has 0 aliphatic carbocycles. The molecular formula is C28H20N4O5. The molecule has 0 atom stereocenters. The number of hydrogen-bond acceptors (Lipinski definition) is 7. The average molecular weight is 492 g/mol. The molecule has 0 saturated carbocycles. The van der Waals surface area contributed by atoms with Gasteiger partial charge in [-0.1, -0.05) is 60.7 Å². The van der Waals surface area contributed by atoms with E-state index in [2.05, 4.69) is 21.1 Å². The molecule has 5 rings (SSSR count). The number of furan rings is 1. The minimum Gasteiger partial charge on any atom is -0.507 e. The monoisotopic (exact) mass is 492 g/mol. The Morgan fingerprint density at radius 2 is 1.05 bits per heavy atom.